The SMILES string of the molecule is COc1cc(C(C)(O)N[C@@H]2CC[C@@H](O)C2)ccc1Nc1ncc2c(n1)N(C1CCCC1)CC1(CC1)C(=O)N2C. The van der Waals surface area contributed by atoms with Crippen molar-refractivity contribution in [2.75, 3.05) is 35.8 Å². The first-order valence-electron chi connectivity index (χ1n) is 14.2. The molecule has 1 spiro atoms. The second-order valence-corrected chi connectivity index (χ2v) is 12.0. The van der Waals surface area contributed by atoms with E-state index in [1.807, 2.05) is 19.2 Å². The second kappa shape index (κ2) is 9.91. The molecule has 4 N–H and O–H groups in total. The number of aromatic nitrogens is 2. The molecule has 210 valence electrons. The first-order chi connectivity index (χ1) is 18.7. The summed E-state index contributed by atoms with van der Waals surface area (Å²) in [5.41, 5.74) is 0.516. The highest BCUT2D eigenvalue weighted by molar-refractivity contribution is 6.02. The number of hydrogen-bond donors (Lipinski definition) is 4. The Morgan fingerprint density at radius 1 is 1.18 bits per heavy atom. The van der Waals surface area contributed by atoms with E-state index in [-0.39, 0.29) is 23.5 Å². The number of carbonyl (C=O) groups is 1. The zero-order valence-corrected chi connectivity index (χ0v) is 23.1. The number of rotatable bonds is 7. The molecule has 3 saturated carbocycles. The van der Waals surface area contributed by atoms with Crippen LogP contribution in [0.2, 0.25) is 0 Å². The average molecular weight is 537 g/mol. The van der Waals surface area contributed by atoms with Gasteiger partial charge in [-0.25, -0.2) is 4.98 Å². The smallest absolute Gasteiger partial charge is 0.234 e. The molecule has 0 bridgehead atoms. The number of methoxy groups -OCH3 is 1. The van der Waals surface area contributed by atoms with Crippen LogP contribution in [0.15, 0.2) is 24.4 Å². The van der Waals surface area contributed by atoms with Gasteiger partial charge in [0.15, 0.2) is 5.82 Å². The Morgan fingerprint density at radius 3 is 2.62 bits per heavy atom. The van der Waals surface area contributed by atoms with Crippen molar-refractivity contribution in [3.63, 3.8) is 0 Å². The lowest BCUT2D eigenvalue weighted by molar-refractivity contribution is -0.122. The van der Waals surface area contributed by atoms with E-state index in [4.69, 9.17) is 9.72 Å². The molecule has 1 aliphatic heterocycles. The summed E-state index contributed by atoms with van der Waals surface area (Å²) < 4.78 is 5.68. The molecule has 1 aromatic heterocycles. The fraction of sp³-hybridized carbons (Fsp3) is 0.621. The van der Waals surface area contributed by atoms with Crippen molar-refractivity contribution in [1.82, 2.24) is 15.3 Å². The maximum absolute atomic E-state index is 13.3. The van der Waals surface area contributed by atoms with Crippen molar-refractivity contribution < 1.29 is 19.7 Å². The van der Waals surface area contributed by atoms with Crippen molar-refractivity contribution in [2.45, 2.75) is 88.6 Å². The molecule has 2 heterocycles. The number of aliphatic hydroxyl groups is 2. The van der Waals surface area contributed by atoms with Crippen LogP contribution in [0.5, 0.6) is 5.75 Å². The minimum atomic E-state index is -1.28. The summed E-state index contributed by atoms with van der Waals surface area (Å²) in [6, 6.07) is 5.94. The van der Waals surface area contributed by atoms with Crippen LogP contribution in [0, 0.1) is 5.41 Å². The molecule has 1 unspecified atom stereocenters. The lowest BCUT2D eigenvalue weighted by Gasteiger charge is -2.31. The number of fused-ring (bicyclic) bond motifs is 1. The van der Waals surface area contributed by atoms with Gasteiger partial charge >= 0.3 is 0 Å². The van der Waals surface area contributed by atoms with Gasteiger partial charge in [0.2, 0.25) is 11.9 Å². The van der Waals surface area contributed by atoms with E-state index in [0.717, 1.165) is 50.0 Å². The number of ether oxygens (including phenoxy) is 1. The Morgan fingerprint density at radius 2 is 1.95 bits per heavy atom. The highest BCUT2D eigenvalue weighted by Gasteiger charge is 2.55. The largest absolute Gasteiger partial charge is 0.495 e. The van der Waals surface area contributed by atoms with Crippen LogP contribution in [0.4, 0.5) is 23.1 Å². The molecule has 1 aromatic carbocycles. The van der Waals surface area contributed by atoms with E-state index in [9.17, 15) is 15.0 Å². The number of carbonyl (C=O) groups excluding carboxylic acids is 1. The van der Waals surface area contributed by atoms with E-state index in [1.165, 1.54) is 12.8 Å². The summed E-state index contributed by atoms with van der Waals surface area (Å²) in [4.78, 5) is 27.0. The van der Waals surface area contributed by atoms with E-state index in [0.29, 0.717) is 42.0 Å². The lowest BCUT2D eigenvalue weighted by Crippen LogP contribution is -2.45. The Kier molecular flexibility index (Phi) is 6.68. The van der Waals surface area contributed by atoms with E-state index < -0.39 is 5.72 Å². The standard InChI is InChI=1S/C29H40N6O4/c1-28(38,33-19-9-10-21(36)15-19)18-8-11-22(24(14-18)39-3)31-27-30-16-23-25(32-27)35(20-6-4-5-7-20)17-29(12-13-29)26(37)34(23)2/h8,11,14,16,19-21,33,36,38H,4-7,9-10,12-13,15,17H2,1-3H3,(H,30,31,32)/t19-,21-,28?/m1/s1. The van der Waals surface area contributed by atoms with Gasteiger partial charge in [-0.05, 0) is 64.0 Å². The summed E-state index contributed by atoms with van der Waals surface area (Å²) in [6.07, 6.45) is 10.1. The van der Waals surface area contributed by atoms with Crippen LogP contribution in [-0.4, -0.2) is 65.0 Å². The number of aliphatic hydroxyl groups excluding tert-OH is 1. The molecular formula is C29H40N6O4. The summed E-state index contributed by atoms with van der Waals surface area (Å²) in [5, 5.41) is 27.6. The van der Waals surface area contributed by atoms with E-state index in [1.54, 1.807) is 31.2 Å². The summed E-state index contributed by atoms with van der Waals surface area (Å²) >= 11 is 0. The third-order valence-corrected chi connectivity index (χ3v) is 9.13. The molecule has 3 aliphatic carbocycles. The van der Waals surface area contributed by atoms with Crippen LogP contribution in [-0.2, 0) is 10.5 Å². The van der Waals surface area contributed by atoms with Crippen molar-refractivity contribution in [3.05, 3.63) is 30.0 Å². The Labute approximate surface area is 229 Å². The molecule has 10 heteroatoms. The average Bonchev–Trinajstić information content (AvgIpc) is 3.31. The van der Waals surface area contributed by atoms with Gasteiger partial charge in [-0.15, -0.1) is 0 Å². The predicted molar refractivity (Wildman–Crippen MR) is 149 cm³/mol. The van der Waals surface area contributed by atoms with Gasteiger partial charge in [0.05, 0.1) is 30.5 Å². The van der Waals surface area contributed by atoms with Crippen molar-refractivity contribution in [2.24, 2.45) is 5.41 Å². The van der Waals surface area contributed by atoms with Gasteiger partial charge in [0, 0.05) is 31.2 Å². The lowest BCUT2D eigenvalue weighted by atomic mass is 10.0. The van der Waals surface area contributed by atoms with Crippen LogP contribution in [0.1, 0.15) is 70.3 Å². The Hall–Kier alpha value is -2.95. The maximum Gasteiger partial charge on any atom is 0.234 e. The molecule has 2 aromatic rings. The molecule has 4 aliphatic rings. The van der Waals surface area contributed by atoms with Crippen LogP contribution < -0.4 is 25.2 Å². The topological polar surface area (TPSA) is 123 Å². The fourth-order valence-corrected chi connectivity index (χ4v) is 6.64. The number of nitrogens with one attached hydrogen (secondary N) is 2. The monoisotopic (exact) mass is 536 g/mol. The maximum atomic E-state index is 13.3. The number of amides is 1. The van der Waals surface area contributed by atoms with Gasteiger partial charge in [-0.2, -0.15) is 4.98 Å². The fourth-order valence-electron chi connectivity index (χ4n) is 6.64. The second-order valence-electron chi connectivity index (χ2n) is 12.0. The van der Waals surface area contributed by atoms with Gasteiger partial charge in [-0.3, -0.25) is 10.1 Å². The van der Waals surface area contributed by atoms with Gasteiger partial charge < -0.3 is 30.1 Å². The van der Waals surface area contributed by atoms with Gasteiger partial charge in [0.25, 0.3) is 0 Å². The van der Waals surface area contributed by atoms with Crippen LogP contribution in [0.25, 0.3) is 0 Å². The molecule has 0 radical (unpaired) electrons. The zero-order chi connectivity index (χ0) is 27.4. The quantitative estimate of drug-likeness (QED) is 0.394. The summed E-state index contributed by atoms with van der Waals surface area (Å²) in [7, 11) is 3.43. The minimum absolute atomic E-state index is 0.0503. The highest BCUT2D eigenvalue weighted by atomic mass is 16.5. The first kappa shape index (κ1) is 26.3. The van der Waals surface area contributed by atoms with Gasteiger partial charge in [-0.1, -0.05) is 18.9 Å². The summed E-state index contributed by atoms with van der Waals surface area (Å²) in [6.45, 7) is 2.43. The normalized spacial score (nSPS) is 25.9. The highest BCUT2D eigenvalue weighted by Crippen LogP contribution is 2.52. The third kappa shape index (κ3) is 4.94. The molecule has 6 rings (SSSR count). The molecule has 3 atom stereocenters. The zero-order valence-electron chi connectivity index (χ0n) is 23.1. The molecular weight excluding hydrogens is 496 g/mol. The molecule has 10 nitrogen and oxygen atoms in total. The van der Waals surface area contributed by atoms with Gasteiger partial charge in [0.1, 0.15) is 17.2 Å². The molecule has 3 fully saturated rings. The van der Waals surface area contributed by atoms with E-state index in [2.05, 4.69) is 20.5 Å². The predicted octanol–water partition coefficient (Wildman–Crippen LogP) is 3.40. The van der Waals surface area contributed by atoms with Crippen molar-refractivity contribution in [3.8, 4) is 5.75 Å². The first-order valence-corrected chi connectivity index (χ1v) is 14.2. The van der Waals surface area contributed by atoms with E-state index >= 15 is 0 Å². The number of benzene rings is 1. The van der Waals surface area contributed by atoms with Crippen molar-refractivity contribution >= 4 is 29.0 Å². The molecule has 39 heavy (non-hydrogen) atoms. The molecule has 1 amide bonds. The number of hydrogen-bond acceptors (Lipinski definition) is 9. The minimum Gasteiger partial charge on any atom is -0.495 e. The van der Waals surface area contributed by atoms with Crippen LogP contribution >= 0.6 is 0 Å². The van der Waals surface area contributed by atoms with Crippen molar-refractivity contribution in [1.29, 1.82) is 0 Å². The Bertz CT molecular complexity index is 1240. The third-order valence-electron chi connectivity index (χ3n) is 9.13. The Balaban J connectivity index is 1.27. The number of nitrogens with zero attached hydrogens (tertiary/aromatic N) is 4. The van der Waals surface area contributed by atoms with Crippen LogP contribution in [0.3, 0.4) is 0 Å². The molecule has 0 saturated heterocycles. The number of anilines is 4. The summed E-state index contributed by atoms with van der Waals surface area (Å²) in [5.74, 6) is 1.95.